The van der Waals surface area contributed by atoms with Gasteiger partial charge in [0.25, 0.3) is 0 Å². The molecular weight excluding hydrogens is 304 g/mol. The van der Waals surface area contributed by atoms with Crippen molar-refractivity contribution in [1.82, 2.24) is 0 Å². The van der Waals surface area contributed by atoms with E-state index in [-0.39, 0.29) is 5.97 Å². The Bertz CT molecular complexity index is 504. The van der Waals surface area contributed by atoms with Gasteiger partial charge in [-0.15, -0.1) is 0 Å². The maximum absolute atomic E-state index is 12.7. The summed E-state index contributed by atoms with van der Waals surface area (Å²) in [7, 11) is 0. The highest BCUT2D eigenvalue weighted by molar-refractivity contribution is 5.84. The lowest BCUT2D eigenvalue weighted by molar-refractivity contribution is -0.196. The summed E-state index contributed by atoms with van der Waals surface area (Å²) in [4.78, 5) is 25.0. The van der Waals surface area contributed by atoms with Crippen LogP contribution in [0.15, 0.2) is 0 Å². The molecule has 0 amide bonds. The maximum Gasteiger partial charge on any atom is 0.350 e. The van der Waals surface area contributed by atoms with E-state index in [0.29, 0.717) is 18.3 Å². The van der Waals surface area contributed by atoms with Crippen molar-refractivity contribution >= 4 is 11.9 Å². The zero-order valence-corrected chi connectivity index (χ0v) is 16.4. The lowest BCUT2D eigenvalue weighted by atomic mass is 9.78. The van der Waals surface area contributed by atoms with Gasteiger partial charge in [-0.05, 0) is 79.1 Å². The van der Waals surface area contributed by atoms with Crippen molar-refractivity contribution in [2.24, 2.45) is 23.2 Å². The van der Waals surface area contributed by atoms with Crippen molar-refractivity contribution in [3.8, 4) is 0 Å². The summed E-state index contributed by atoms with van der Waals surface area (Å²) < 4.78 is 11.4. The first kappa shape index (κ1) is 19.3. The molecule has 0 aliphatic heterocycles. The lowest BCUT2D eigenvalue weighted by Crippen LogP contribution is -2.48. The van der Waals surface area contributed by atoms with Crippen molar-refractivity contribution in [3.05, 3.63) is 0 Å². The SMILES string of the molecule is CCC(C)(C)C(=O)OC(C)(C)C(=O)OC(C)(C)C1CC2CCC1C2. The van der Waals surface area contributed by atoms with Gasteiger partial charge in [0.1, 0.15) is 5.60 Å². The summed E-state index contributed by atoms with van der Waals surface area (Å²) in [6.45, 7) is 12.8. The summed E-state index contributed by atoms with van der Waals surface area (Å²) in [6.07, 6.45) is 5.65. The number of carbonyl (C=O) groups is 2. The molecule has 4 heteroatoms. The second kappa shape index (κ2) is 6.34. The largest absolute Gasteiger partial charge is 0.456 e. The number of fused-ring (bicyclic) bond motifs is 2. The summed E-state index contributed by atoms with van der Waals surface area (Å²) in [5.74, 6) is 1.08. The molecule has 3 unspecified atom stereocenters. The number of carbonyl (C=O) groups excluding carboxylic acids is 2. The molecule has 0 spiro atoms. The third kappa shape index (κ3) is 3.78. The zero-order valence-electron chi connectivity index (χ0n) is 16.4. The van der Waals surface area contributed by atoms with Gasteiger partial charge in [-0.1, -0.05) is 13.3 Å². The third-order valence-corrected chi connectivity index (χ3v) is 6.26. The Balaban J connectivity index is 2.00. The molecule has 0 N–H and O–H groups in total. The van der Waals surface area contributed by atoms with Crippen LogP contribution in [0.1, 0.15) is 80.6 Å². The van der Waals surface area contributed by atoms with E-state index in [9.17, 15) is 9.59 Å². The Hall–Kier alpha value is -1.06. The van der Waals surface area contributed by atoms with Crippen LogP contribution in [0.25, 0.3) is 0 Å². The molecule has 0 saturated heterocycles. The van der Waals surface area contributed by atoms with E-state index in [4.69, 9.17) is 9.47 Å². The highest BCUT2D eigenvalue weighted by Gasteiger charge is 2.50. The average molecular weight is 338 g/mol. The fourth-order valence-electron chi connectivity index (χ4n) is 4.09. The Morgan fingerprint density at radius 2 is 1.54 bits per heavy atom. The molecule has 0 aromatic carbocycles. The van der Waals surface area contributed by atoms with Gasteiger partial charge in [0.15, 0.2) is 0 Å². The van der Waals surface area contributed by atoms with Crippen LogP contribution in [0.5, 0.6) is 0 Å². The van der Waals surface area contributed by atoms with E-state index in [0.717, 1.165) is 12.3 Å². The second-order valence-electron chi connectivity index (χ2n) is 9.41. The quantitative estimate of drug-likeness (QED) is 0.669. The van der Waals surface area contributed by atoms with E-state index in [1.165, 1.54) is 19.3 Å². The van der Waals surface area contributed by atoms with Gasteiger partial charge in [-0.3, -0.25) is 4.79 Å². The lowest BCUT2D eigenvalue weighted by Gasteiger charge is -2.39. The number of hydrogen-bond donors (Lipinski definition) is 0. The molecule has 4 nitrogen and oxygen atoms in total. The molecule has 2 aliphatic carbocycles. The van der Waals surface area contributed by atoms with Crippen LogP contribution >= 0.6 is 0 Å². The molecule has 138 valence electrons. The van der Waals surface area contributed by atoms with E-state index in [2.05, 4.69) is 0 Å². The molecule has 2 fully saturated rings. The Morgan fingerprint density at radius 3 is 2.00 bits per heavy atom. The summed E-state index contributed by atoms with van der Waals surface area (Å²) in [6, 6.07) is 0. The Kier molecular flexibility index (Phi) is 5.09. The van der Waals surface area contributed by atoms with Crippen LogP contribution in [-0.2, 0) is 19.1 Å². The van der Waals surface area contributed by atoms with Gasteiger partial charge >= 0.3 is 11.9 Å². The predicted octanol–water partition coefficient (Wildman–Crippen LogP) is 4.50. The standard InChI is InChI=1S/C20H34O4/c1-8-18(2,3)16(21)23-20(6,7)17(22)24-19(4,5)15-12-13-9-10-14(15)11-13/h13-15H,8-12H2,1-7H3. The van der Waals surface area contributed by atoms with Crippen LogP contribution in [-0.4, -0.2) is 23.1 Å². The number of hydrogen-bond acceptors (Lipinski definition) is 4. The Labute approximate surface area is 146 Å². The average Bonchev–Trinajstić information content (AvgIpc) is 3.09. The molecule has 0 aromatic rings. The molecule has 2 saturated carbocycles. The fraction of sp³-hybridized carbons (Fsp3) is 0.900. The minimum absolute atomic E-state index is 0.357. The molecule has 0 aromatic heterocycles. The highest BCUT2D eigenvalue weighted by Crippen LogP contribution is 2.53. The maximum atomic E-state index is 12.7. The van der Waals surface area contributed by atoms with Crippen LogP contribution in [0.4, 0.5) is 0 Å². The molecular formula is C20H34O4. The van der Waals surface area contributed by atoms with Crippen molar-refractivity contribution in [1.29, 1.82) is 0 Å². The van der Waals surface area contributed by atoms with E-state index in [1.54, 1.807) is 13.8 Å². The van der Waals surface area contributed by atoms with Crippen molar-refractivity contribution in [3.63, 3.8) is 0 Å². The minimum atomic E-state index is -1.27. The topological polar surface area (TPSA) is 52.6 Å². The molecule has 2 rings (SSSR count). The molecule has 24 heavy (non-hydrogen) atoms. The van der Waals surface area contributed by atoms with Crippen molar-refractivity contribution in [2.45, 2.75) is 91.8 Å². The van der Waals surface area contributed by atoms with Gasteiger partial charge in [-0.25, -0.2) is 4.79 Å². The monoisotopic (exact) mass is 338 g/mol. The normalized spacial score (nSPS) is 27.2. The summed E-state index contributed by atoms with van der Waals surface area (Å²) in [5, 5.41) is 0. The van der Waals surface area contributed by atoms with Gasteiger partial charge in [0.2, 0.25) is 5.60 Å². The van der Waals surface area contributed by atoms with E-state index < -0.39 is 22.6 Å². The molecule has 3 atom stereocenters. The first-order valence-corrected chi connectivity index (χ1v) is 9.36. The van der Waals surface area contributed by atoms with Gasteiger partial charge in [0.05, 0.1) is 5.41 Å². The van der Waals surface area contributed by atoms with Crippen LogP contribution < -0.4 is 0 Å². The molecule has 2 bridgehead atoms. The summed E-state index contributed by atoms with van der Waals surface area (Å²) in [5.41, 5.74) is -2.38. The number of rotatable bonds is 6. The molecule has 0 heterocycles. The van der Waals surface area contributed by atoms with Gasteiger partial charge < -0.3 is 9.47 Å². The second-order valence-corrected chi connectivity index (χ2v) is 9.41. The fourth-order valence-corrected chi connectivity index (χ4v) is 4.09. The smallest absolute Gasteiger partial charge is 0.350 e. The van der Waals surface area contributed by atoms with E-state index >= 15 is 0 Å². The summed E-state index contributed by atoms with van der Waals surface area (Å²) >= 11 is 0. The van der Waals surface area contributed by atoms with Crippen molar-refractivity contribution < 1.29 is 19.1 Å². The van der Waals surface area contributed by atoms with E-state index in [1.807, 2.05) is 34.6 Å². The minimum Gasteiger partial charge on any atom is -0.456 e. The van der Waals surface area contributed by atoms with Gasteiger partial charge in [0, 0.05) is 5.92 Å². The third-order valence-electron chi connectivity index (χ3n) is 6.26. The van der Waals surface area contributed by atoms with Crippen molar-refractivity contribution in [2.75, 3.05) is 0 Å². The van der Waals surface area contributed by atoms with Gasteiger partial charge in [-0.2, -0.15) is 0 Å². The van der Waals surface area contributed by atoms with Crippen LogP contribution in [0, 0.1) is 23.2 Å². The first-order chi connectivity index (χ1) is 10.9. The number of esters is 2. The predicted molar refractivity (Wildman–Crippen MR) is 93.4 cm³/mol. The highest BCUT2D eigenvalue weighted by atomic mass is 16.6. The van der Waals surface area contributed by atoms with Crippen LogP contribution in [0.2, 0.25) is 0 Å². The van der Waals surface area contributed by atoms with Crippen LogP contribution in [0.3, 0.4) is 0 Å². The number of ether oxygens (including phenoxy) is 2. The Morgan fingerprint density at radius 1 is 0.917 bits per heavy atom. The molecule has 0 radical (unpaired) electrons. The first-order valence-electron chi connectivity index (χ1n) is 9.36. The zero-order chi connectivity index (χ0) is 18.3. The molecule has 2 aliphatic rings.